The van der Waals surface area contributed by atoms with Gasteiger partial charge in [0.25, 0.3) is 0 Å². The lowest BCUT2D eigenvalue weighted by atomic mass is 9.93. The third kappa shape index (κ3) is 3.85. The standard InChI is InChI=1S/C15H23N3O2/c1-3-20-15(19)10-12-6-8-18(9-7-12)14-5-4-13(16-2)11-17-14/h4-5,11-12,16H,3,6-10H2,1-2H3. The lowest BCUT2D eigenvalue weighted by molar-refractivity contribution is -0.144. The van der Waals surface area contributed by atoms with Crippen LogP contribution in [0.15, 0.2) is 18.3 Å². The minimum Gasteiger partial charge on any atom is -0.466 e. The number of piperidine rings is 1. The van der Waals surface area contributed by atoms with Crippen LogP contribution in [0, 0.1) is 5.92 Å². The van der Waals surface area contributed by atoms with E-state index in [1.54, 1.807) is 0 Å². The van der Waals surface area contributed by atoms with Crippen molar-refractivity contribution in [2.45, 2.75) is 26.2 Å². The number of pyridine rings is 1. The van der Waals surface area contributed by atoms with Crippen molar-refractivity contribution in [1.82, 2.24) is 4.98 Å². The molecule has 5 nitrogen and oxygen atoms in total. The fourth-order valence-electron chi connectivity index (χ4n) is 2.54. The molecule has 2 heterocycles. The molecule has 20 heavy (non-hydrogen) atoms. The predicted molar refractivity (Wildman–Crippen MR) is 80.0 cm³/mol. The quantitative estimate of drug-likeness (QED) is 0.837. The van der Waals surface area contributed by atoms with E-state index in [-0.39, 0.29) is 5.97 Å². The number of carbonyl (C=O) groups is 1. The maximum atomic E-state index is 11.5. The summed E-state index contributed by atoms with van der Waals surface area (Å²) in [6, 6.07) is 4.07. The Labute approximate surface area is 120 Å². The zero-order valence-electron chi connectivity index (χ0n) is 12.3. The Kier molecular flexibility index (Phi) is 5.21. The van der Waals surface area contributed by atoms with Crippen molar-refractivity contribution in [2.75, 3.05) is 37.0 Å². The maximum Gasteiger partial charge on any atom is 0.306 e. The van der Waals surface area contributed by atoms with Gasteiger partial charge in [-0.3, -0.25) is 4.79 Å². The molecule has 0 aromatic carbocycles. The first-order chi connectivity index (χ1) is 9.72. The molecule has 1 aliphatic heterocycles. The molecule has 0 radical (unpaired) electrons. The Morgan fingerprint density at radius 1 is 1.45 bits per heavy atom. The van der Waals surface area contributed by atoms with Gasteiger partial charge in [0.05, 0.1) is 18.5 Å². The van der Waals surface area contributed by atoms with Crippen molar-refractivity contribution >= 4 is 17.5 Å². The zero-order chi connectivity index (χ0) is 14.4. The van der Waals surface area contributed by atoms with Crippen LogP contribution < -0.4 is 10.2 Å². The summed E-state index contributed by atoms with van der Waals surface area (Å²) in [4.78, 5) is 18.2. The molecule has 1 N–H and O–H groups in total. The van der Waals surface area contributed by atoms with Gasteiger partial charge in [0, 0.05) is 26.6 Å². The third-order valence-corrected chi connectivity index (χ3v) is 3.74. The fraction of sp³-hybridized carbons (Fsp3) is 0.600. The van der Waals surface area contributed by atoms with Gasteiger partial charge in [-0.25, -0.2) is 4.98 Å². The molecular weight excluding hydrogens is 254 g/mol. The minimum atomic E-state index is -0.0672. The van der Waals surface area contributed by atoms with Gasteiger partial charge < -0.3 is 15.0 Å². The van der Waals surface area contributed by atoms with Gasteiger partial charge in [-0.15, -0.1) is 0 Å². The predicted octanol–water partition coefficient (Wildman–Crippen LogP) is 2.29. The third-order valence-electron chi connectivity index (χ3n) is 3.74. The van der Waals surface area contributed by atoms with Gasteiger partial charge in [-0.05, 0) is 37.8 Å². The Balaban J connectivity index is 1.82. The molecule has 0 amide bonds. The summed E-state index contributed by atoms with van der Waals surface area (Å²) in [5, 5.41) is 3.07. The molecule has 0 atom stereocenters. The van der Waals surface area contributed by atoms with Gasteiger partial charge in [0.15, 0.2) is 0 Å². The van der Waals surface area contributed by atoms with Crippen molar-refractivity contribution in [3.8, 4) is 0 Å². The molecule has 5 heteroatoms. The molecule has 0 saturated carbocycles. The second kappa shape index (κ2) is 7.12. The fourth-order valence-corrected chi connectivity index (χ4v) is 2.54. The number of nitrogens with zero attached hydrogens (tertiary/aromatic N) is 2. The first-order valence-electron chi connectivity index (χ1n) is 7.27. The topological polar surface area (TPSA) is 54.5 Å². The number of nitrogens with one attached hydrogen (secondary N) is 1. The highest BCUT2D eigenvalue weighted by Gasteiger charge is 2.22. The maximum absolute atomic E-state index is 11.5. The van der Waals surface area contributed by atoms with E-state index in [0.717, 1.165) is 37.4 Å². The van der Waals surface area contributed by atoms with E-state index in [0.29, 0.717) is 18.9 Å². The smallest absolute Gasteiger partial charge is 0.306 e. The highest BCUT2D eigenvalue weighted by Crippen LogP contribution is 2.24. The molecule has 0 bridgehead atoms. The molecule has 1 aromatic heterocycles. The van der Waals surface area contributed by atoms with Crippen LogP contribution in [0.25, 0.3) is 0 Å². The summed E-state index contributed by atoms with van der Waals surface area (Å²) < 4.78 is 5.01. The Morgan fingerprint density at radius 3 is 2.75 bits per heavy atom. The minimum absolute atomic E-state index is 0.0672. The van der Waals surface area contributed by atoms with Crippen LogP contribution in [0.1, 0.15) is 26.2 Å². The molecule has 0 aliphatic carbocycles. The number of esters is 1. The Hall–Kier alpha value is -1.78. The Morgan fingerprint density at radius 2 is 2.20 bits per heavy atom. The highest BCUT2D eigenvalue weighted by molar-refractivity contribution is 5.69. The molecule has 0 spiro atoms. The summed E-state index contributed by atoms with van der Waals surface area (Å²) in [5.74, 6) is 1.39. The average Bonchev–Trinajstić information content (AvgIpc) is 2.48. The number of rotatable bonds is 5. The van der Waals surface area contributed by atoms with Crippen molar-refractivity contribution in [3.05, 3.63) is 18.3 Å². The lowest BCUT2D eigenvalue weighted by Crippen LogP contribution is -2.35. The van der Waals surface area contributed by atoms with Gasteiger partial charge >= 0.3 is 5.97 Å². The molecule has 1 saturated heterocycles. The van der Waals surface area contributed by atoms with Crippen LogP contribution in [0.3, 0.4) is 0 Å². The number of aromatic nitrogens is 1. The van der Waals surface area contributed by atoms with E-state index in [9.17, 15) is 4.79 Å². The van der Waals surface area contributed by atoms with E-state index < -0.39 is 0 Å². The summed E-state index contributed by atoms with van der Waals surface area (Å²) in [6.07, 6.45) is 4.44. The molecule has 1 aliphatic rings. The van der Waals surface area contributed by atoms with E-state index in [4.69, 9.17) is 4.74 Å². The monoisotopic (exact) mass is 277 g/mol. The first kappa shape index (κ1) is 14.6. The number of carbonyl (C=O) groups excluding carboxylic acids is 1. The van der Waals surface area contributed by atoms with Crippen LogP contribution in [-0.2, 0) is 9.53 Å². The SMILES string of the molecule is CCOC(=O)CC1CCN(c2ccc(NC)cn2)CC1. The number of hydrogen-bond acceptors (Lipinski definition) is 5. The molecule has 110 valence electrons. The van der Waals surface area contributed by atoms with Crippen molar-refractivity contribution in [1.29, 1.82) is 0 Å². The number of hydrogen-bond donors (Lipinski definition) is 1. The van der Waals surface area contributed by atoms with E-state index in [2.05, 4.69) is 15.2 Å². The van der Waals surface area contributed by atoms with Gasteiger partial charge in [0.1, 0.15) is 5.82 Å². The highest BCUT2D eigenvalue weighted by atomic mass is 16.5. The van der Waals surface area contributed by atoms with Crippen LogP contribution in [0.4, 0.5) is 11.5 Å². The van der Waals surface area contributed by atoms with Crippen LogP contribution in [0.5, 0.6) is 0 Å². The Bertz CT molecular complexity index is 425. The summed E-state index contributed by atoms with van der Waals surface area (Å²) in [5.41, 5.74) is 1.02. The van der Waals surface area contributed by atoms with Crippen LogP contribution in [0.2, 0.25) is 0 Å². The second-order valence-electron chi connectivity index (χ2n) is 5.09. The molecule has 1 fully saturated rings. The van der Waals surface area contributed by atoms with Crippen LogP contribution in [-0.4, -0.2) is 37.7 Å². The van der Waals surface area contributed by atoms with E-state index in [1.807, 2.05) is 32.3 Å². The van der Waals surface area contributed by atoms with Gasteiger partial charge in [-0.2, -0.15) is 0 Å². The van der Waals surface area contributed by atoms with Gasteiger partial charge in [-0.1, -0.05) is 0 Å². The second-order valence-corrected chi connectivity index (χ2v) is 5.09. The summed E-state index contributed by atoms with van der Waals surface area (Å²) in [6.45, 7) is 4.23. The molecule has 0 unspecified atom stereocenters. The van der Waals surface area contributed by atoms with E-state index >= 15 is 0 Å². The summed E-state index contributed by atoms with van der Waals surface area (Å²) >= 11 is 0. The number of ether oxygens (including phenoxy) is 1. The van der Waals surface area contributed by atoms with E-state index in [1.165, 1.54) is 0 Å². The molecule has 1 aromatic rings. The molecule has 2 rings (SSSR count). The molecular formula is C15H23N3O2. The van der Waals surface area contributed by atoms with Crippen molar-refractivity contribution in [3.63, 3.8) is 0 Å². The zero-order valence-corrected chi connectivity index (χ0v) is 12.3. The van der Waals surface area contributed by atoms with Crippen molar-refractivity contribution in [2.24, 2.45) is 5.92 Å². The summed E-state index contributed by atoms with van der Waals surface area (Å²) in [7, 11) is 1.89. The van der Waals surface area contributed by atoms with Crippen molar-refractivity contribution < 1.29 is 9.53 Å². The first-order valence-corrected chi connectivity index (χ1v) is 7.27. The van der Waals surface area contributed by atoms with Crippen LogP contribution >= 0.6 is 0 Å². The average molecular weight is 277 g/mol. The largest absolute Gasteiger partial charge is 0.466 e. The normalized spacial score (nSPS) is 16.0. The lowest BCUT2D eigenvalue weighted by Gasteiger charge is -2.32. The number of anilines is 2. The van der Waals surface area contributed by atoms with Gasteiger partial charge in [0.2, 0.25) is 0 Å².